The molecule has 0 aromatic heterocycles. The van der Waals surface area contributed by atoms with E-state index in [0.717, 1.165) is 18.5 Å². The third kappa shape index (κ3) is 4.85. The van der Waals surface area contributed by atoms with Gasteiger partial charge in [-0.05, 0) is 37.6 Å². The Morgan fingerprint density at radius 3 is 3.00 bits per heavy atom. The number of benzene rings is 1. The molecule has 1 aromatic rings. The first-order valence-corrected chi connectivity index (χ1v) is 6.89. The average Bonchev–Trinajstić information content (AvgIpc) is 2.90. The van der Waals surface area contributed by atoms with Gasteiger partial charge in [0.1, 0.15) is 5.75 Å². The maximum atomic E-state index is 11.9. The molecule has 0 radical (unpaired) electrons. The fourth-order valence-electron chi connectivity index (χ4n) is 2.29. The van der Waals surface area contributed by atoms with Crippen LogP contribution in [0.2, 0.25) is 5.02 Å². The Labute approximate surface area is 130 Å². The van der Waals surface area contributed by atoms with E-state index >= 15 is 0 Å². The van der Waals surface area contributed by atoms with Gasteiger partial charge < -0.3 is 15.4 Å². The van der Waals surface area contributed by atoms with Gasteiger partial charge in [0.05, 0.1) is 13.5 Å². The number of carbonyl (C=O) groups is 1. The highest BCUT2D eigenvalue weighted by molar-refractivity contribution is 6.30. The zero-order valence-electron chi connectivity index (χ0n) is 11.4. The molecule has 1 amide bonds. The second-order valence-corrected chi connectivity index (χ2v) is 5.17. The van der Waals surface area contributed by atoms with E-state index in [1.54, 1.807) is 25.3 Å². The molecule has 0 aliphatic carbocycles. The summed E-state index contributed by atoms with van der Waals surface area (Å²) in [6.07, 6.45) is 2.60. The van der Waals surface area contributed by atoms with E-state index in [9.17, 15) is 4.79 Å². The summed E-state index contributed by atoms with van der Waals surface area (Å²) >= 11 is 5.94. The molecular weight excluding hydrogens is 299 g/mol. The molecule has 1 unspecified atom stereocenters. The van der Waals surface area contributed by atoms with Crippen LogP contribution >= 0.6 is 24.0 Å². The molecular formula is C14H20Cl2N2O2. The van der Waals surface area contributed by atoms with Gasteiger partial charge >= 0.3 is 0 Å². The normalized spacial score (nSPS) is 17.4. The lowest BCUT2D eigenvalue weighted by atomic mass is 10.1. The number of hydrogen-bond donors (Lipinski definition) is 2. The molecule has 0 spiro atoms. The number of hydrogen-bond acceptors (Lipinski definition) is 3. The molecule has 0 saturated carbocycles. The van der Waals surface area contributed by atoms with Crippen LogP contribution in [0.1, 0.15) is 18.4 Å². The van der Waals surface area contributed by atoms with Crippen molar-refractivity contribution in [1.29, 1.82) is 0 Å². The standard InChI is InChI=1S/C14H19ClN2O2.ClH/c1-19-13-5-4-11(15)7-10(13)8-14(18)17-9-12-3-2-6-16-12;/h4-5,7,12,16H,2-3,6,8-9H2,1H3,(H,17,18);1H. The molecule has 1 atom stereocenters. The Bertz CT molecular complexity index is 449. The van der Waals surface area contributed by atoms with Gasteiger partial charge in [0.2, 0.25) is 5.91 Å². The van der Waals surface area contributed by atoms with Crippen LogP contribution in [-0.4, -0.2) is 32.1 Å². The van der Waals surface area contributed by atoms with Crippen molar-refractivity contribution in [3.63, 3.8) is 0 Å². The Balaban J connectivity index is 0.00000200. The van der Waals surface area contributed by atoms with Crippen molar-refractivity contribution >= 4 is 29.9 Å². The highest BCUT2D eigenvalue weighted by Gasteiger charge is 2.15. The van der Waals surface area contributed by atoms with E-state index in [0.29, 0.717) is 23.4 Å². The highest BCUT2D eigenvalue weighted by Crippen LogP contribution is 2.22. The topological polar surface area (TPSA) is 50.4 Å². The predicted molar refractivity (Wildman–Crippen MR) is 83.0 cm³/mol. The van der Waals surface area contributed by atoms with E-state index < -0.39 is 0 Å². The first kappa shape index (κ1) is 17.1. The van der Waals surface area contributed by atoms with Crippen LogP contribution in [-0.2, 0) is 11.2 Å². The Morgan fingerprint density at radius 2 is 2.35 bits per heavy atom. The minimum absolute atomic E-state index is 0. The van der Waals surface area contributed by atoms with E-state index in [1.165, 1.54) is 6.42 Å². The molecule has 0 bridgehead atoms. The number of carbonyl (C=O) groups excluding carboxylic acids is 1. The van der Waals surface area contributed by atoms with Crippen LogP contribution in [0.4, 0.5) is 0 Å². The van der Waals surface area contributed by atoms with Crippen molar-refractivity contribution in [2.45, 2.75) is 25.3 Å². The Morgan fingerprint density at radius 1 is 1.55 bits per heavy atom. The van der Waals surface area contributed by atoms with E-state index in [4.69, 9.17) is 16.3 Å². The first-order valence-electron chi connectivity index (χ1n) is 6.51. The second kappa shape index (κ2) is 8.35. The zero-order valence-corrected chi connectivity index (χ0v) is 13.0. The molecule has 1 fully saturated rings. The van der Waals surface area contributed by atoms with Crippen LogP contribution < -0.4 is 15.4 Å². The lowest BCUT2D eigenvalue weighted by Crippen LogP contribution is -2.37. The molecule has 2 N–H and O–H groups in total. The second-order valence-electron chi connectivity index (χ2n) is 4.73. The average molecular weight is 319 g/mol. The quantitative estimate of drug-likeness (QED) is 0.875. The molecule has 1 saturated heterocycles. The lowest BCUT2D eigenvalue weighted by molar-refractivity contribution is -0.120. The molecule has 1 heterocycles. The van der Waals surface area contributed by atoms with Gasteiger partial charge in [-0.25, -0.2) is 0 Å². The highest BCUT2D eigenvalue weighted by atomic mass is 35.5. The number of methoxy groups -OCH3 is 1. The molecule has 20 heavy (non-hydrogen) atoms. The van der Waals surface area contributed by atoms with Gasteiger partial charge in [-0.1, -0.05) is 11.6 Å². The van der Waals surface area contributed by atoms with Crippen LogP contribution in [0, 0.1) is 0 Å². The van der Waals surface area contributed by atoms with Crippen LogP contribution in [0.3, 0.4) is 0 Å². The summed E-state index contributed by atoms with van der Waals surface area (Å²) in [6.45, 7) is 1.73. The largest absolute Gasteiger partial charge is 0.496 e. The third-order valence-corrected chi connectivity index (χ3v) is 3.54. The molecule has 4 nitrogen and oxygen atoms in total. The molecule has 1 aromatic carbocycles. The van der Waals surface area contributed by atoms with E-state index in [1.807, 2.05) is 0 Å². The van der Waals surface area contributed by atoms with Gasteiger partial charge in [0.25, 0.3) is 0 Å². The summed E-state index contributed by atoms with van der Waals surface area (Å²) in [5, 5.41) is 6.90. The van der Waals surface area contributed by atoms with Gasteiger partial charge in [0, 0.05) is 23.2 Å². The molecule has 2 rings (SSSR count). The summed E-state index contributed by atoms with van der Waals surface area (Å²) in [5.41, 5.74) is 0.812. The minimum atomic E-state index is -0.00531. The molecule has 6 heteroatoms. The van der Waals surface area contributed by atoms with Crippen LogP contribution in [0.15, 0.2) is 18.2 Å². The molecule has 112 valence electrons. The fourth-order valence-corrected chi connectivity index (χ4v) is 2.48. The van der Waals surface area contributed by atoms with Crippen LogP contribution in [0.5, 0.6) is 5.75 Å². The number of halogens is 2. The van der Waals surface area contributed by atoms with E-state index in [2.05, 4.69) is 10.6 Å². The smallest absolute Gasteiger partial charge is 0.224 e. The van der Waals surface area contributed by atoms with Crippen molar-refractivity contribution < 1.29 is 9.53 Å². The Kier molecular flexibility index (Phi) is 7.13. The summed E-state index contributed by atoms with van der Waals surface area (Å²) in [4.78, 5) is 11.9. The van der Waals surface area contributed by atoms with Crippen molar-refractivity contribution in [3.05, 3.63) is 28.8 Å². The molecule has 1 aliphatic rings. The van der Waals surface area contributed by atoms with Gasteiger partial charge in [-0.2, -0.15) is 0 Å². The van der Waals surface area contributed by atoms with Crippen molar-refractivity contribution in [1.82, 2.24) is 10.6 Å². The first-order chi connectivity index (χ1) is 9.19. The minimum Gasteiger partial charge on any atom is -0.496 e. The zero-order chi connectivity index (χ0) is 13.7. The molecule has 1 aliphatic heterocycles. The summed E-state index contributed by atoms with van der Waals surface area (Å²) in [7, 11) is 1.59. The lowest BCUT2D eigenvalue weighted by Gasteiger charge is -2.12. The van der Waals surface area contributed by atoms with Gasteiger partial charge in [-0.3, -0.25) is 4.79 Å². The van der Waals surface area contributed by atoms with Gasteiger partial charge in [-0.15, -0.1) is 12.4 Å². The van der Waals surface area contributed by atoms with Crippen LogP contribution in [0.25, 0.3) is 0 Å². The fraction of sp³-hybridized carbons (Fsp3) is 0.500. The third-order valence-electron chi connectivity index (χ3n) is 3.30. The number of rotatable bonds is 5. The predicted octanol–water partition coefficient (Wildman–Crippen LogP) is 2.18. The van der Waals surface area contributed by atoms with Crippen molar-refractivity contribution in [2.75, 3.05) is 20.2 Å². The van der Waals surface area contributed by atoms with E-state index in [-0.39, 0.29) is 24.7 Å². The summed E-state index contributed by atoms with van der Waals surface area (Å²) in [6, 6.07) is 5.71. The van der Waals surface area contributed by atoms with Crippen molar-refractivity contribution in [3.8, 4) is 5.75 Å². The monoisotopic (exact) mass is 318 g/mol. The number of nitrogens with one attached hydrogen (secondary N) is 2. The van der Waals surface area contributed by atoms with Crippen molar-refractivity contribution in [2.24, 2.45) is 0 Å². The Hall–Kier alpha value is -0.970. The number of ether oxygens (including phenoxy) is 1. The summed E-state index contributed by atoms with van der Waals surface area (Å²) in [5.74, 6) is 0.688. The number of amides is 1. The SMILES string of the molecule is COc1ccc(Cl)cc1CC(=O)NCC1CCCN1.Cl. The maximum absolute atomic E-state index is 11.9. The maximum Gasteiger partial charge on any atom is 0.224 e. The summed E-state index contributed by atoms with van der Waals surface area (Å²) < 4.78 is 5.23. The van der Waals surface area contributed by atoms with Gasteiger partial charge in [0.15, 0.2) is 0 Å².